The molecule has 1 heterocycles. The van der Waals surface area contributed by atoms with E-state index >= 15 is 0 Å². The van der Waals surface area contributed by atoms with Crippen molar-refractivity contribution in [2.45, 2.75) is 50.9 Å². The van der Waals surface area contributed by atoms with E-state index in [1.54, 1.807) is 0 Å². The molecule has 4 nitrogen and oxygen atoms in total. The third-order valence-corrected chi connectivity index (χ3v) is 5.73. The standard InChI is InChI=1S/C16H21NO3/c18-15(19)2-1-13-8-14(17-20-13)16-11-4-9-3-10(6-11)7-12(16)5-9/h8-12,16H,1-7H2,(H,18,19). The number of aryl methyl sites for hydroxylation is 1. The summed E-state index contributed by atoms with van der Waals surface area (Å²) >= 11 is 0. The lowest BCUT2D eigenvalue weighted by molar-refractivity contribution is -0.137. The van der Waals surface area contributed by atoms with Crippen LogP contribution in [0.3, 0.4) is 0 Å². The number of hydrogen-bond acceptors (Lipinski definition) is 3. The lowest BCUT2D eigenvalue weighted by Gasteiger charge is -2.53. The predicted octanol–water partition coefficient (Wildman–Crippen LogP) is 3.23. The molecule has 0 amide bonds. The highest BCUT2D eigenvalue weighted by atomic mass is 16.5. The molecule has 0 spiro atoms. The van der Waals surface area contributed by atoms with Gasteiger partial charge in [-0.1, -0.05) is 5.16 Å². The van der Waals surface area contributed by atoms with Gasteiger partial charge in [0.15, 0.2) is 0 Å². The summed E-state index contributed by atoms with van der Waals surface area (Å²) in [5.74, 6) is 4.05. The summed E-state index contributed by atoms with van der Waals surface area (Å²) < 4.78 is 5.36. The predicted molar refractivity (Wildman–Crippen MR) is 72.2 cm³/mol. The SMILES string of the molecule is O=C(O)CCc1cc(C2C3CC4CC(C3)CC2C4)no1. The molecule has 108 valence electrons. The molecule has 4 fully saturated rings. The van der Waals surface area contributed by atoms with Gasteiger partial charge in [0.25, 0.3) is 0 Å². The third-order valence-electron chi connectivity index (χ3n) is 5.73. The Morgan fingerprint density at radius 3 is 2.45 bits per heavy atom. The second-order valence-corrected chi connectivity index (χ2v) is 7.07. The van der Waals surface area contributed by atoms with Crippen molar-refractivity contribution in [3.05, 3.63) is 17.5 Å². The number of aliphatic carboxylic acids is 1. The van der Waals surface area contributed by atoms with E-state index in [1.807, 2.05) is 6.07 Å². The molecule has 1 aromatic rings. The van der Waals surface area contributed by atoms with Gasteiger partial charge in [0.05, 0.1) is 12.1 Å². The van der Waals surface area contributed by atoms with Gasteiger partial charge in [-0.3, -0.25) is 4.79 Å². The molecule has 0 radical (unpaired) electrons. The van der Waals surface area contributed by atoms with Gasteiger partial charge < -0.3 is 9.63 Å². The number of nitrogens with zero attached hydrogens (tertiary/aromatic N) is 1. The van der Waals surface area contributed by atoms with Crippen molar-refractivity contribution in [1.82, 2.24) is 5.16 Å². The Labute approximate surface area is 118 Å². The van der Waals surface area contributed by atoms with Crippen molar-refractivity contribution in [3.8, 4) is 0 Å². The minimum absolute atomic E-state index is 0.121. The molecular formula is C16H21NO3. The van der Waals surface area contributed by atoms with Crippen LogP contribution in [0.1, 0.15) is 55.9 Å². The van der Waals surface area contributed by atoms with Crippen molar-refractivity contribution in [2.24, 2.45) is 23.7 Å². The molecule has 0 atom stereocenters. The molecule has 0 aliphatic heterocycles. The summed E-state index contributed by atoms with van der Waals surface area (Å²) in [6.07, 6.45) is 7.52. The lowest BCUT2D eigenvalue weighted by Crippen LogP contribution is -2.43. The number of carboxylic acids is 1. The van der Waals surface area contributed by atoms with Gasteiger partial charge in [-0.2, -0.15) is 0 Å². The van der Waals surface area contributed by atoms with Crippen LogP contribution in [0.5, 0.6) is 0 Å². The van der Waals surface area contributed by atoms with Gasteiger partial charge in [0.2, 0.25) is 0 Å². The fraction of sp³-hybridized carbons (Fsp3) is 0.750. The molecule has 0 saturated heterocycles. The van der Waals surface area contributed by atoms with Gasteiger partial charge in [0, 0.05) is 18.4 Å². The van der Waals surface area contributed by atoms with Crippen LogP contribution >= 0.6 is 0 Å². The van der Waals surface area contributed by atoms with E-state index in [0.717, 1.165) is 35.1 Å². The van der Waals surface area contributed by atoms with E-state index in [2.05, 4.69) is 5.16 Å². The normalized spacial score (nSPS) is 38.3. The van der Waals surface area contributed by atoms with Crippen molar-refractivity contribution in [1.29, 1.82) is 0 Å². The van der Waals surface area contributed by atoms with E-state index < -0.39 is 5.97 Å². The maximum absolute atomic E-state index is 10.6. The highest BCUT2D eigenvalue weighted by Crippen LogP contribution is 2.59. The van der Waals surface area contributed by atoms with Crippen LogP contribution in [0.25, 0.3) is 0 Å². The molecular weight excluding hydrogens is 254 g/mol. The van der Waals surface area contributed by atoms with Gasteiger partial charge in [-0.25, -0.2) is 0 Å². The van der Waals surface area contributed by atoms with Crippen LogP contribution < -0.4 is 0 Å². The first-order valence-corrected chi connectivity index (χ1v) is 7.86. The quantitative estimate of drug-likeness (QED) is 0.916. The molecule has 4 aliphatic rings. The lowest BCUT2D eigenvalue weighted by atomic mass is 9.51. The molecule has 4 bridgehead atoms. The molecule has 5 rings (SSSR count). The zero-order chi connectivity index (χ0) is 13.7. The number of carbonyl (C=O) groups is 1. The number of carboxylic acid groups (broad SMARTS) is 1. The summed E-state index contributed by atoms with van der Waals surface area (Å²) in [6.45, 7) is 0. The summed E-state index contributed by atoms with van der Waals surface area (Å²) in [5, 5.41) is 13.0. The molecule has 0 aromatic carbocycles. The van der Waals surface area contributed by atoms with E-state index in [0.29, 0.717) is 12.3 Å². The molecule has 1 aromatic heterocycles. The summed E-state index contributed by atoms with van der Waals surface area (Å²) in [4.78, 5) is 10.6. The highest BCUT2D eigenvalue weighted by molar-refractivity contribution is 5.66. The van der Waals surface area contributed by atoms with E-state index in [1.165, 1.54) is 32.1 Å². The van der Waals surface area contributed by atoms with Crippen molar-refractivity contribution < 1.29 is 14.4 Å². The van der Waals surface area contributed by atoms with Gasteiger partial charge in [-0.15, -0.1) is 0 Å². The van der Waals surface area contributed by atoms with Crippen LogP contribution in [0, 0.1) is 23.7 Å². The first-order valence-electron chi connectivity index (χ1n) is 7.86. The van der Waals surface area contributed by atoms with E-state index in [9.17, 15) is 4.79 Å². The van der Waals surface area contributed by atoms with E-state index in [4.69, 9.17) is 9.63 Å². The fourth-order valence-electron chi connectivity index (χ4n) is 5.24. The average Bonchev–Trinajstić information content (AvgIpc) is 2.83. The number of aromatic nitrogens is 1. The van der Waals surface area contributed by atoms with E-state index in [-0.39, 0.29) is 6.42 Å². The Bertz CT molecular complexity index is 494. The summed E-state index contributed by atoms with van der Waals surface area (Å²) in [5.41, 5.74) is 1.10. The molecule has 4 saturated carbocycles. The monoisotopic (exact) mass is 275 g/mol. The first kappa shape index (κ1) is 12.4. The smallest absolute Gasteiger partial charge is 0.303 e. The minimum atomic E-state index is -0.780. The second kappa shape index (κ2) is 4.61. The minimum Gasteiger partial charge on any atom is -0.481 e. The third kappa shape index (κ3) is 2.05. The fourth-order valence-corrected chi connectivity index (χ4v) is 5.24. The first-order chi connectivity index (χ1) is 9.69. The zero-order valence-electron chi connectivity index (χ0n) is 11.6. The van der Waals surface area contributed by atoms with Crippen LogP contribution in [0.4, 0.5) is 0 Å². The van der Waals surface area contributed by atoms with Crippen molar-refractivity contribution >= 4 is 5.97 Å². The highest BCUT2D eigenvalue weighted by Gasteiger charge is 2.49. The summed E-state index contributed by atoms with van der Waals surface area (Å²) in [7, 11) is 0. The van der Waals surface area contributed by atoms with Crippen molar-refractivity contribution in [2.75, 3.05) is 0 Å². The number of rotatable bonds is 4. The molecule has 20 heavy (non-hydrogen) atoms. The molecule has 4 heteroatoms. The van der Waals surface area contributed by atoms with Crippen molar-refractivity contribution in [3.63, 3.8) is 0 Å². The van der Waals surface area contributed by atoms with Gasteiger partial charge in [0.1, 0.15) is 5.76 Å². The number of hydrogen-bond donors (Lipinski definition) is 1. The topological polar surface area (TPSA) is 63.3 Å². The molecule has 4 aliphatic carbocycles. The maximum Gasteiger partial charge on any atom is 0.303 e. The van der Waals surface area contributed by atoms with Gasteiger partial charge >= 0.3 is 5.97 Å². The molecule has 0 unspecified atom stereocenters. The second-order valence-electron chi connectivity index (χ2n) is 7.07. The Hall–Kier alpha value is -1.32. The van der Waals surface area contributed by atoms with Gasteiger partial charge in [-0.05, 0) is 55.8 Å². The largest absolute Gasteiger partial charge is 0.481 e. The van der Waals surface area contributed by atoms with Crippen LogP contribution in [0.15, 0.2) is 10.6 Å². The van der Waals surface area contributed by atoms with Crippen LogP contribution in [-0.4, -0.2) is 16.2 Å². The Kier molecular flexibility index (Phi) is 2.86. The van der Waals surface area contributed by atoms with Crippen LogP contribution in [-0.2, 0) is 11.2 Å². The average molecular weight is 275 g/mol. The maximum atomic E-state index is 10.6. The van der Waals surface area contributed by atoms with Crippen LogP contribution in [0.2, 0.25) is 0 Å². The molecule has 1 N–H and O–H groups in total. The Balaban J connectivity index is 1.51. The zero-order valence-corrected chi connectivity index (χ0v) is 11.6. The Morgan fingerprint density at radius 2 is 1.85 bits per heavy atom. The summed E-state index contributed by atoms with van der Waals surface area (Å²) in [6, 6.07) is 2.02. The Morgan fingerprint density at radius 1 is 1.20 bits per heavy atom.